The van der Waals surface area contributed by atoms with Crippen LogP contribution in [0.3, 0.4) is 0 Å². The molecule has 0 atom stereocenters. The van der Waals surface area contributed by atoms with Gasteiger partial charge in [-0.25, -0.2) is 0 Å². The number of nitrogens with one attached hydrogen (secondary N) is 1. The van der Waals surface area contributed by atoms with Gasteiger partial charge in [0.2, 0.25) is 0 Å². The average Bonchev–Trinajstić information content (AvgIpc) is 2.66. The molecule has 15 heavy (non-hydrogen) atoms. The molecule has 0 bridgehead atoms. The van der Waals surface area contributed by atoms with Gasteiger partial charge in [-0.3, -0.25) is 5.10 Å². The quantitative estimate of drug-likeness (QED) is 0.784. The topological polar surface area (TPSA) is 48.9 Å². The largest absolute Gasteiger partial charge is 0.390 e. The zero-order chi connectivity index (χ0) is 10.8. The van der Waals surface area contributed by atoms with Gasteiger partial charge in [-0.1, -0.05) is 23.8 Å². The predicted octanol–water partition coefficient (Wildman–Crippen LogP) is 2.19. The second-order valence-corrected chi connectivity index (χ2v) is 3.75. The second kappa shape index (κ2) is 3.87. The lowest BCUT2D eigenvalue weighted by Crippen LogP contribution is -1.84. The van der Waals surface area contributed by atoms with Crippen molar-refractivity contribution < 1.29 is 5.11 Å². The fourth-order valence-corrected chi connectivity index (χ4v) is 1.68. The van der Waals surface area contributed by atoms with Gasteiger partial charge in [0.05, 0.1) is 18.0 Å². The maximum absolute atomic E-state index is 8.94. The molecule has 1 aromatic carbocycles. The molecule has 2 aromatic rings. The number of nitrogens with zero attached hydrogens (tertiary/aromatic N) is 1. The van der Waals surface area contributed by atoms with Crippen molar-refractivity contribution in [3.8, 4) is 11.3 Å². The molecule has 0 fully saturated rings. The van der Waals surface area contributed by atoms with Gasteiger partial charge in [0, 0.05) is 5.56 Å². The number of aromatic amines is 1. The van der Waals surface area contributed by atoms with Crippen LogP contribution in [-0.2, 0) is 6.61 Å². The van der Waals surface area contributed by atoms with E-state index in [1.165, 1.54) is 11.1 Å². The van der Waals surface area contributed by atoms with Crippen molar-refractivity contribution >= 4 is 0 Å². The number of aliphatic hydroxyl groups is 1. The number of H-pyrrole nitrogens is 1. The van der Waals surface area contributed by atoms with Crippen LogP contribution in [0.5, 0.6) is 0 Å². The first-order valence-corrected chi connectivity index (χ1v) is 4.93. The molecule has 0 saturated heterocycles. The number of aromatic nitrogens is 2. The third-order valence-corrected chi connectivity index (χ3v) is 2.46. The summed E-state index contributed by atoms with van der Waals surface area (Å²) in [4.78, 5) is 0. The van der Waals surface area contributed by atoms with E-state index in [9.17, 15) is 0 Å². The van der Waals surface area contributed by atoms with Crippen LogP contribution < -0.4 is 0 Å². The maximum atomic E-state index is 8.94. The minimum atomic E-state index is -0.00207. The Kier molecular flexibility index (Phi) is 2.56. The van der Waals surface area contributed by atoms with E-state index in [1.807, 2.05) is 6.07 Å². The molecule has 0 aliphatic heterocycles. The van der Waals surface area contributed by atoms with Crippen LogP contribution in [0.1, 0.15) is 16.8 Å². The number of hydrogen-bond donors (Lipinski definition) is 2. The van der Waals surface area contributed by atoms with Gasteiger partial charge in [0.1, 0.15) is 0 Å². The second-order valence-electron chi connectivity index (χ2n) is 3.75. The summed E-state index contributed by atoms with van der Waals surface area (Å²) in [5, 5.41) is 15.9. The molecule has 0 radical (unpaired) electrons. The fraction of sp³-hybridized carbons (Fsp3) is 0.250. The molecule has 0 unspecified atom stereocenters. The summed E-state index contributed by atoms with van der Waals surface area (Å²) in [7, 11) is 0. The van der Waals surface area contributed by atoms with Crippen LogP contribution in [-0.4, -0.2) is 15.3 Å². The Morgan fingerprint density at radius 1 is 1.27 bits per heavy atom. The van der Waals surface area contributed by atoms with Gasteiger partial charge in [-0.05, 0) is 25.5 Å². The van der Waals surface area contributed by atoms with E-state index < -0.39 is 0 Å². The molecule has 3 nitrogen and oxygen atoms in total. The molecule has 1 heterocycles. The van der Waals surface area contributed by atoms with E-state index in [2.05, 4.69) is 42.2 Å². The highest BCUT2D eigenvalue weighted by Crippen LogP contribution is 2.22. The van der Waals surface area contributed by atoms with E-state index in [-0.39, 0.29) is 6.61 Å². The highest BCUT2D eigenvalue weighted by molar-refractivity contribution is 5.64. The number of rotatable bonds is 2. The lowest BCUT2D eigenvalue weighted by Gasteiger charge is -2.02. The van der Waals surface area contributed by atoms with Crippen molar-refractivity contribution in [2.75, 3.05) is 0 Å². The number of hydrogen-bond acceptors (Lipinski definition) is 2. The van der Waals surface area contributed by atoms with E-state index in [0.717, 1.165) is 17.0 Å². The molecule has 2 N–H and O–H groups in total. The van der Waals surface area contributed by atoms with Crippen molar-refractivity contribution in [3.63, 3.8) is 0 Å². The Labute approximate surface area is 88.8 Å². The van der Waals surface area contributed by atoms with E-state index in [4.69, 9.17) is 5.11 Å². The van der Waals surface area contributed by atoms with Crippen LogP contribution in [0.15, 0.2) is 24.3 Å². The van der Waals surface area contributed by atoms with Gasteiger partial charge in [0.15, 0.2) is 0 Å². The third kappa shape index (κ3) is 1.92. The van der Waals surface area contributed by atoms with E-state index in [0.29, 0.717) is 0 Å². The van der Waals surface area contributed by atoms with Gasteiger partial charge < -0.3 is 5.11 Å². The zero-order valence-corrected chi connectivity index (χ0v) is 8.91. The summed E-state index contributed by atoms with van der Waals surface area (Å²) in [6.45, 7) is 4.13. The van der Waals surface area contributed by atoms with E-state index in [1.54, 1.807) is 0 Å². The molecule has 0 saturated carbocycles. The monoisotopic (exact) mass is 202 g/mol. The molecule has 2 rings (SSSR count). The Balaban J connectivity index is 2.44. The Morgan fingerprint density at radius 2 is 2.07 bits per heavy atom. The third-order valence-electron chi connectivity index (χ3n) is 2.46. The summed E-state index contributed by atoms with van der Waals surface area (Å²) in [6.07, 6.45) is 0. The summed E-state index contributed by atoms with van der Waals surface area (Å²) >= 11 is 0. The lowest BCUT2D eigenvalue weighted by atomic mass is 10.0. The van der Waals surface area contributed by atoms with Crippen molar-refractivity contribution in [2.45, 2.75) is 20.5 Å². The molecule has 78 valence electrons. The molecule has 1 aromatic heterocycles. The van der Waals surface area contributed by atoms with Crippen LogP contribution in [0.4, 0.5) is 0 Å². The number of benzene rings is 1. The van der Waals surface area contributed by atoms with Crippen LogP contribution in [0.2, 0.25) is 0 Å². The summed E-state index contributed by atoms with van der Waals surface area (Å²) in [5.41, 5.74) is 5.18. The maximum Gasteiger partial charge on any atom is 0.0927 e. The van der Waals surface area contributed by atoms with Crippen LogP contribution >= 0.6 is 0 Å². The minimum Gasteiger partial charge on any atom is -0.390 e. The molecule has 0 spiro atoms. The first-order valence-electron chi connectivity index (χ1n) is 4.93. The van der Waals surface area contributed by atoms with E-state index >= 15 is 0 Å². The smallest absolute Gasteiger partial charge is 0.0927 e. The van der Waals surface area contributed by atoms with Crippen molar-refractivity contribution in [1.29, 1.82) is 0 Å². The minimum absolute atomic E-state index is 0.00207. The van der Waals surface area contributed by atoms with Gasteiger partial charge in [0.25, 0.3) is 0 Å². The standard InChI is InChI=1S/C12H14N2O/c1-8-3-4-11(9(2)5-8)12-6-10(7-15)13-14-12/h3-6,15H,7H2,1-2H3,(H,13,14). The van der Waals surface area contributed by atoms with Crippen LogP contribution in [0, 0.1) is 13.8 Å². The summed E-state index contributed by atoms with van der Waals surface area (Å²) in [5.74, 6) is 0. The highest BCUT2D eigenvalue weighted by Gasteiger charge is 2.05. The Hall–Kier alpha value is -1.61. The molecular formula is C12H14N2O. The highest BCUT2D eigenvalue weighted by atomic mass is 16.3. The number of aryl methyl sites for hydroxylation is 2. The predicted molar refractivity (Wildman–Crippen MR) is 59.4 cm³/mol. The lowest BCUT2D eigenvalue weighted by molar-refractivity contribution is 0.276. The summed E-state index contributed by atoms with van der Waals surface area (Å²) < 4.78 is 0. The molecule has 0 amide bonds. The van der Waals surface area contributed by atoms with Crippen molar-refractivity contribution in [3.05, 3.63) is 41.1 Å². The SMILES string of the molecule is Cc1ccc(-c2cc(CO)[nH]n2)c(C)c1. The zero-order valence-electron chi connectivity index (χ0n) is 8.91. The van der Waals surface area contributed by atoms with Crippen LogP contribution in [0.25, 0.3) is 11.3 Å². The fourth-order valence-electron chi connectivity index (χ4n) is 1.68. The van der Waals surface area contributed by atoms with Crippen molar-refractivity contribution in [1.82, 2.24) is 10.2 Å². The number of aliphatic hydroxyl groups excluding tert-OH is 1. The first-order chi connectivity index (χ1) is 7.20. The first kappa shape index (κ1) is 9.93. The van der Waals surface area contributed by atoms with Gasteiger partial charge in [-0.15, -0.1) is 0 Å². The Morgan fingerprint density at radius 3 is 2.67 bits per heavy atom. The molecule has 0 aliphatic rings. The van der Waals surface area contributed by atoms with Gasteiger partial charge >= 0.3 is 0 Å². The molecule has 3 heteroatoms. The normalized spacial score (nSPS) is 10.6. The van der Waals surface area contributed by atoms with Crippen molar-refractivity contribution in [2.24, 2.45) is 0 Å². The Bertz CT molecular complexity index is 474. The molecule has 0 aliphatic carbocycles. The summed E-state index contributed by atoms with van der Waals surface area (Å²) in [6, 6.07) is 8.12. The molecular weight excluding hydrogens is 188 g/mol. The average molecular weight is 202 g/mol. The van der Waals surface area contributed by atoms with Gasteiger partial charge in [-0.2, -0.15) is 5.10 Å².